The molecule has 1 aromatic heterocycles. The Hall–Kier alpha value is -3.80. The molecule has 1 N–H and O–H groups in total. The number of ether oxygens (including phenoxy) is 2. The lowest BCUT2D eigenvalue weighted by molar-refractivity contribution is 0.102. The van der Waals surface area contributed by atoms with Gasteiger partial charge >= 0.3 is 0 Å². The Morgan fingerprint density at radius 3 is 2.31 bits per heavy atom. The first kappa shape index (κ1) is 21.4. The summed E-state index contributed by atoms with van der Waals surface area (Å²) in [6.45, 7) is 4.38. The van der Waals surface area contributed by atoms with E-state index in [1.54, 1.807) is 32.4 Å². The molecule has 164 valence electrons. The van der Waals surface area contributed by atoms with E-state index in [1.165, 1.54) is 5.56 Å². The van der Waals surface area contributed by atoms with Crippen molar-refractivity contribution < 1.29 is 18.7 Å². The van der Waals surface area contributed by atoms with E-state index in [0.29, 0.717) is 34.6 Å². The Balaban J connectivity index is 1.52. The minimum atomic E-state index is -0.255. The van der Waals surface area contributed by atoms with Gasteiger partial charge in [-0.15, -0.1) is 0 Å². The number of aromatic nitrogens is 1. The van der Waals surface area contributed by atoms with Crippen molar-refractivity contribution in [3.05, 3.63) is 71.8 Å². The van der Waals surface area contributed by atoms with Gasteiger partial charge in [-0.3, -0.25) is 4.79 Å². The number of methoxy groups -OCH3 is 2. The number of fused-ring (bicyclic) bond motifs is 1. The summed E-state index contributed by atoms with van der Waals surface area (Å²) in [5.41, 5.74) is 4.81. The minimum absolute atomic E-state index is 0.255. The number of carbonyl (C=O) groups is 1. The molecule has 0 saturated heterocycles. The van der Waals surface area contributed by atoms with Gasteiger partial charge in [0.05, 0.1) is 14.2 Å². The van der Waals surface area contributed by atoms with Crippen LogP contribution < -0.4 is 14.8 Å². The van der Waals surface area contributed by atoms with Crippen molar-refractivity contribution in [3.63, 3.8) is 0 Å². The SMILES string of the molecule is CC[C@H](C)c1ccc2oc(-c3ccc(NC(=O)c4cc(OC)cc(OC)c4)cc3)nc2c1. The first-order valence-electron chi connectivity index (χ1n) is 10.6. The van der Waals surface area contributed by atoms with Crippen LogP contribution in [0.4, 0.5) is 5.69 Å². The highest BCUT2D eigenvalue weighted by Gasteiger charge is 2.13. The number of carbonyl (C=O) groups excluding carboxylic acids is 1. The van der Waals surface area contributed by atoms with Gasteiger partial charge in [-0.25, -0.2) is 4.98 Å². The fraction of sp³-hybridized carbons (Fsp3) is 0.231. The number of oxazole rings is 1. The summed E-state index contributed by atoms with van der Waals surface area (Å²) in [6, 6.07) is 18.6. The molecule has 6 heteroatoms. The second-order valence-corrected chi connectivity index (χ2v) is 7.69. The normalized spacial score (nSPS) is 11.9. The highest BCUT2D eigenvalue weighted by atomic mass is 16.5. The van der Waals surface area contributed by atoms with Crippen LogP contribution in [0, 0.1) is 0 Å². The van der Waals surface area contributed by atoms with Crippen molar-refractivity contribution in [3.8, 4) is 23.0 Å². The molecular formula is C26H26N2O4. The maximum atomic E-state index is 12.7. The van der Waals surface area contributed by atoms with Gasteiger partial charge in [-0.1, -0.05) is 19.9 Å². The number of anilines is 1. The van der Waals surface area contributed by atoms with Crippen LogP contribution in [0.15, 0.2) is 65.1 Å². The highest BCUT2D eigenvalue weighted by molar-refractivity contribution is 6.04. The molecule has 0 spiro atoms. The molecule has 3 aromatic carbocycles. The first-order valence-corrected chi connectivity index (χ1v) is 10.6. The van der Waals surface area contributed by atoms with Gasteiger partial charge in [0, 0.05) is 22.9 Å². The number of amides is 1. The molecule has 1 atom stereocenters. The molecule has 0 unspecified atom stereocenters. The standard InChI is InChI=1S/C26H26N2O4/c1-5-16(2)18-8-11-24-23(14-18)28-26(32-24)17-6-9-20(10-7-17)27-25(29)19-12-21(30-3)15-22(13-19)31-4/h6-16H,5H2,1-4H3,(H,27,29)/t16-/m0/s1. The summed E-state index contributed by atoms with van der Waals surface area (Å²) >= 11 is 0. The van der Waals surface area contributed by atoms with Gasteiger partial charge in [-0.05, 0) is 66.4 Å². The maximum absolute atomic E-state index is 12.7. The number of hydrogen-bond acceptors (Lipinski definition) is 5. The molecule has 0 aliphatic rings. The lowest BCUT2D eigenvalue weighted by Crippen LogP contribution is -2.12. The van der Waals surface area contributed by atoms with Gasteiger partial charge in [0.1, 0.15) is 17.0 Å². The maximum Gasteiger partial charge on any atom is 0.255 e. The summed E-state index contributed by atoms with van der Waals surface area (Å²) in [7, 11) is 3.10. The quantitative estimate of drug-likeness (QED) is 0.374. The van der Waals surface area contributed by atoms with Crippen molar-refractivity contribution in [2.45, 2.75) is 26.2 Å². The zero-order valence-corrected chi connectivity index (χ0v) is 18.6. The monoisotopic (exact) mass is 430 g/mol. The van der Waals surface area contributed by atoms with Crippen LogP contribution in [0.5, 0.6) is 11.5 Å². The van der Waals surface area contributed by atoms with E-state index < -0.39 is 0 Å². The van der Waals surface area contributed by atoms with Crippen molar-refractivity contribution in [1.29, 1.82) is 0 Å². The summed E-state index contributed by atoms with van der Waals surface area (Å²) in [5, 5.41) is 2.89. The van der Waals surface area contributed by atoms with E-state index >= 15 is 0 Å². The van der Waals surface area contributed by atoms with Crippen LogP contribution in [0.3, 0.4) is 0 Å². The molecule has 0 fully saturated rings. The van der Waals surface area contributed by atoms with Gasteiger partial charge in [0.25, 0.3) is 5.91 Å². The fourth-order valence-corrected chi connectivity index (χ4v) is 3.45. The predicted octanol–water partition coefficient (Wildman–Crippen LogP) is 6.28. The fourth-order valence-electron chi connectivity index (χ4n) is 3.45. The Kier molecular flexibility index (Phi) is 6.12. The van der Waals surface area contributed by atoms with E-state index in [1.807, 2.05) is 30.3 Å². The van der Waals surface area contributed by atoms with Gasteiger partial charge in [0.15, 0.2) is 5.58 Å². The Morgan fingerprint density at radius 1 is 1.00 bits per heavy atom. The van der Waals surface area contributed by atoms with E-state index in [9.17, 15) is 4.79 Å². The minimum Gasteiger partial charge on any atom is -0.497 e. The molecule has 1 heterocycles. The van der Waals surface area contributed by atoms with Gasteiger partial charge in [0.2, 0.25) is 5.89 Å². The van der Waals surface area contributed by atoms with E-state index in [4.69, 9.17) is 13.9 Å². The second kappa shape index (κ2) is 9.14. The van der Waals surface area contributed by atoms with Crippen LogP contribution >= 0.6 is 0 Å². The van der Waals surface area contributed by atoms with E-state index in [2.05, 4.69) is 36.3 Å². The summed E-state index contributed by atoms with van der Waals surface area (Å²) in [6.07, 6.45) is 1.08. The molecule has 4 rings (SSSR count). The largest absolute Gasteiger partial charge is 0.497 e. The average molecular weight is 431 g/mol. The second-order valence-electron chi connectivity index (χ2n) is 7.69. The van der Waals surface area contributed by atoms with Crippen molar-refractivity contribution in [2.24, 2.45) is 0 Å². The molecule has 6 nitrogen and oxygen atoms in total. The molecule has 1 amide bonds. The van der Waals surface area contributed by atoms with E-state index in [-0.39, 0.29) is 5.91 Å². The molecule has 0 bridgehead atoms. The van der Waals surface area contributed by atoms with Gasteiger partial charge < -0.3 is 19.2 Å². The van der Waals surface area contributed by atoms with E-state index in [0.717, 1.165) is 23.1 Å². The number of nitrogens with one attached hydrogen (secondary N) is 1. The zero-order valence-electron chi connectivity index (χ0n) is 18.6. The molecule has 0 radical (unpaired) electrons. The molecule has 4 aromatic rings. The molecule has 0 aliphatic carbocycles. The third-order valence-electron chi connectivity index (χ3n) is 5.60. The van der Waals surface area contributed by atoms with Crippen LogP contribution in [-0.2, 0) is 0 Å². The van der Waals surface area contributed by atoms with Crippen molar-refractivity contribution in [2.75, 3.05) is 19.5 Å². The lowest BCUT2D eigenvalue weighted by Gasteiger charge is -2.09. The summed E-state index contributed by atoms with van der Waals surface area (Å²) in [4.78, 5) is 17.3. The third-order valence-corrected chi connectivity index (χ3v) is 5.60. The van der Waals surface area contributed by atoms with Crippen LogP contribution in [0.1, 0.15) is 42.1 Å². The van der Waals surface area contributed by atoms with Crippen LogP contribution in [0.25, 0.3) is 22.6 Å². The average Bonchev–Trinajstić information content (AvgIpc) is 3.27. The highest BCUT2D eigenvalue weighted by Crippen LogP contribution is 2.29. The molecule has 32 heavy (non-hydrogen) atoms. The summed E-state index contributed by atoms with van der Waals surface area (Å²) < 4.78 is 16.4. The third kappa shape index (κ3) is 4.44. The van der Waals surface area contributed by atoms with Gasteiger partial charge in [-0.2, -0.15) is 0 Å². The lowest BCUT2D eigenvalue weighted by atomic mass is 9.98. The van der Waals surface area contributed by atoms with Crippen LogP contribution in [-0.4, -0.2) is 25.1 Å². The Morgan fingerprint density at radius 2 is 1.69 bits per heavy atom. The topological polar surface area (TPSA) is 73.6 Å². The molecular weight excluding hydrogens is 404 g/mol. The van der Waals surface area contributed by atoms with Crippen molar-refractivity contribution >= 4 is 22.7 Å². The predicted molar refractivity (Wildman–Crippen MR) is 126 cm³/mol. The smallest absolute Gasteiger partial charge is 0.255 e. The number of hydrogen-bond donors (Lipinski definition) is 1. The Labute approximate surface area is 187 Å². The summed E-state index contributed by atoms with van der Waals surface area (Å²) in [5.74, 6) is 1.88. The first-order chi connectivity index (χ1) is 15.5. The Bertz CT molecular complexity index is 1220. The number of rotatable bonds is 7. The zero-order chi connectivity index (χ0) is 22.7. The van der Waals surface area contributed by atoms with Crippen LogP contribution in [0.2, 0.25) is 0 Å². The number of nitrogens with zero attached hydrogens (tertiary/aromatic N) is 1. The number of benzene rings is 3. The molecule has 0 aliphatic heterocycles. The molecule has 0 saturated carbocycles. The van der Waals surface area contributed by atoms with Crippen molar-refractivity contribution in [1.82, 2.24) is 4.98 Å².